The Hall–Kier alpha value is -0.0800. The predicted octanol–water partition coefficient (Wildman–Crippen LogP) is 0.567. The second-order valence-corrected chi connectivity index (χ2v) is 3.49. The Balaban J connectivity index is 2.06. The zero-order valence-electron chi connectivity index (χ0n) is 6.88. The summed E-state index contributed by atoms with van der Waals surface area (Å²) in [7, 11) is 0. The molecule has 1 aliphatic heterocycles. The molecular formula is C8H17NO. The van der Waals surface area contributed by atoms with Crippen LogP contribution >= 0.6 is 0 Å². The van der Waals surface area contributed by atoms with Gasteiger partial charge in [-0.1, -0.05) is 13.8 Å². The van der Waals surface area contributed by atoms with Crippen LogP contribution in [0.15, 0.2) is 0 Å². The van der Waals surface area contributed by atoms with E-state index < -0.39 is 0 Å². The van der Waals surface area contributed by atoms with Gasteiger partial charge in [-0.25, -0.2) is 0 Å². The largest absolute Gasteiger partial charge is 0.395 e. The highest BCUT2D eigenvalue weighted by Crippen LogP contribution is 2.22. The van der Waals surface area contributed by atoms with Crippen molar-refractivity contribution < 1.29 is 5.11 Å². The van der Waals surface area contributed by atoms with E-state index >= 15 is 0 Å². The molecule has 1 heterocycles. The highest BCUT2D eigenvalue weighted by atomic mass is 16.3. The van der Waals surface area contributed by atoms with Gasteiger partial charge in [-0.2, -0.15) is 0 Å². The van der Waals surface area contributed by atoms with Crippen LogP contribution in [0, 0.1) is 11.8 Å². The molecule has 60 valence electrons. The molecule has 0 bridgehead atoms. The van der Waals surface area contributed by atoms with Crippen LogP contribution in [0.1, 0.15) is 13.8 Å². The Labute approximate surface area is 62.8 Å². The summed E-state index contributed by atoms with van der Waals surface area (Å²) in [4.78, 5) is 2.30. The van der Waals surface area contributed by atoms with Gasteiger partial charge in [-0.3, -0.25) is 0 Å². The van der Waals surface area contributed by atoms with E-state index in [-0.39, 0.29) is 0 Å². The van der Waals surface area contributed by atoms with Crippen molar-refractivity contribution in [2.75, 3.05) is 26.2 Å². The van der Waals surface area contributed by atoms with Crippen LogP contribution in [-0.2, 0) is 0 Å². The summed E-state index contributed by atoms with van der Waals surface area (Å²) in [5.41, 5.74) is 0. The van der Waals surface area contributed by atoms with Crippen LogP contribution in [0.3, 0.4) is 0 Å². The minimum Gasteiger partial charge on any atom is -0.395 e. The molecule has 0 aliphatic carbocycles. The van der Waals surface area contributed by atoms with E-state index in [9.17, 15) is 0 Å². The lowest BCUT2D eigenvalue weighted by molar-refractivity contribution is 0.0521. The van der Waals surface area contributed by atoms with Crippen molar-refractivity contribution in [1.29, 1.82) is 0 Å². The molecule has 0 radical (unpaired) electrons. The first-order chi connectivity index (χ1) is 4.74. The SMILES string of the molecule is CC(C)C1CN(CCO)C1. The topological polar surface area (TPSA) is 23.5 Å². The smallest absolute Gasteiger partial charge is 0.0558 e. The summed E-state index contributed by atoms with van der Waals surface area (Å²) in [5, 5.41) is 8.58. The van der Waals surface area contributed by atoms with Gasteiger partial charge < -0.3 is 10.0 Å². The van der Waals surface area contributed by atoms with Crippen molar-refractivity contribution in [3.8, 4) is 0 Å². The molecule has 0 unspecified atom stereocenters. The van der Waals surface area contributed by atoms with Crippen LogP contribution in [0.2, 0.25) is 0 Å². The zero-order chi connectivity index (χ0) is 7.56. The molecule has 10 heavy (non-hydrogen) atoms. The molecule has 0 aromatic carbocycles. The van der Waals surface area contributed by atoms with Crippen molar-refractivity contribution in [2.24, 2.45) is 11.8 Å². The summed E-state index contributed by atoms with van der Waals surface area (Å²) in [6.07, 6.45) is 0. The second kappa shape index (κ2) is 3.35. The first-order valence-corrected chi connectivity index (χ1v) is 4.07. The van der Waals surface area contributed by atoms with Crippen LogP contribution in [-0.4, -0.2) is 36.2 Å². The van der Waals surface area contributed by atoms with Crippen molar-refractivity contribution in [3.63, 3.8) is 0 Å². The molecular weight excluding hydrogens is 126 g/mol. The molecule has 1 saturated heterocycles. The molecule has 1 fully saturated rings. The van der Waals surface area contributed by atoms with Gasteiger partial charge in [0.2, 0.25) is 0 Å². The molecule has 0 atom stereocenters. The average Bonchev–Trinajstić information content (AvgIpc) is 1.76. The second-order valence-electron chi connectivity index (χ2n) is 3.49. The number of hydrogen-bond donors (Lipinski definition) is 1. The van der Waals surface area contributed by atoms with E-state index in [1.165, 1.54) is 13.1 Å². The van der Waals surface area contributed by atoms with Gasteiger partial charge in [0.05, 0.1) is 6.61 Å². The molecule has 2 heteroatoms. The third-order valence-electron chi connectivity index (χ3n) is 2.34. The van der Waals surface area contributed by atoms with E-state index in [1.54, 1.807) is 0 Å². The summed E-state index contributed by atoms with van der Waals surface area (Å²) in [6.45, 7) is 8.09. The lowest BCUT2D eigenvalue weighted by Crippen LogP contribution is -2.49. The van der Waals surface area contributed by atoms with Gasteiger partial charge in [0.15, 0.2) is 0 Å². The van der Waals surface area contributed by atoms with Crippen molar-refractivity contribution in [3.05, 3.63) is 0 Å². The van der Waals surface area contributed by atoms with E-state index in [0.717, 1.165) is 18.4 Å². The van der Waals surface area contributed by atoms with E-state index in [4.69, 9.17) is 5.11 Å². The molecule has 0 amide bonds. The number of likely N-dealkylation sites (tertiary alicyclic amines) is 1. The molecule has 1 N–H and O–H groups in total. The normalized spacial score (nSPS) is 21.6. The van der Waals surface area contributed by atoms with Crippen LogP contribution < -0.4 is 0 Å². The quantitative estimate of drug-likeness (QED) is 0.624. The number of hydrogen-bond acceptors (Lipinski definition) is 2. The number of β-amino-alcohol motifs (C(OH)–C–C–N with tert-alkyl or cyclic N) is 1. The summed E-state index contributed by atoms with van der Waals surface area (Å²) in [6, 6.07) is 0. The third-order valence-corrected chi connectivity index (χ3v) is 2.34. The van der Waals surface area contributed by atoms with Crippen LogP contribution in [0.5, 0.6) is 0 Å². The minimum atomic E-state index is 0.310. The van der Waals surface area contributed by atoms with Crippen molar-refractivity contribution >= 4 is 0 Å². The average molecular weight is 143 g/mol. The van der Waals surface area contributed by atoms with E-state index in [2.05, 4.69) is 18.7 Å². The fraction of sp³-hybridized carbons (Fsp3) is 1.00. The monoisotopic (exact) mass is 143 g/mol. The van der Waals surface area contributed by atoms with Gasteiger partial charge in [0.1, 0.15) is 0 Å². The maximum atomic E-state index is 8.58. The van der Waals surface area contributed by atoms with E-state index in [1.807, 2.05) is 0 Å². The highest BCUT2D eigenvalue weighted by Gasteiger charge is 2.27. The van der Waals surface area contributed by atoms with Gasteiger partial charge in [-0.15, -0.1) is 0 Å². The molecule has 0 spiro atoms. The first kappa shape index (κ1) is 8.02. The molecule has 0 saturated carbocycles. The number of aliphatic hydroxyl groups is 1. The van der Waals surface area contributed by atoms with Crippen molar-refractivity contribution in [2.45, 2.75) is 13.8 Å². The summed E-state index contributed by atoms with van der Waals surface area (Å²) >= 11 is 0. The van der Waals surface area contributed by atoms with Gasteiger partial charge in [0.25, 0.3) is 0 Å². The molecule has 1 aliphatic rings. The predicted molar refractivity (Wildman–Crippen MR) is 41.9 cm³/mol. The Morgan fingerprint density at radius 2 is 2.10 bits per heavy atom. The maximum Gasteiger partial charge on any atom is 0.0558 e. The fourth-order valence-electron chi connectivity index (χ4n) is 1.36. The number of aliphatic hydroxyl groups excluding tert-OH is 1. The van der Waals surface area contributed by atoms with Crippen LogP contribution in [0.25, 0.3) is 0 Å². The molecule has 1 rings (SSSR count). The lowest BCUT2D eigenvalue weighted by atomic mass is 9.88. The third kappa shape index (κ3) is 1.70. The summed E-state index contributed by atoms with van der Waals surface area (Å²) in [5.74, 6) is 1.70. The number of rotatable bonds is 3. The zero-order valence-corrected chi connectivity index (χ0v) is 6.88. The molecule has 2 nitrogen and oxygen atoms in total. The minimum absolute atomic E-state index is 0.310. The highest BCUT2D eigenvalue weighted by molar-refractivity contribution is 4.81. The van der Waals surface area contributed by atoms with E-state index in [0.29, 0.717) is 6.61 Å². The molecule has 0 aromatic heterocycles. The van der Waals surface area contributed by atoms with Gasteiger partial charge in [0, 0.05) is 19.6 Å². The fourth-order valence-corrected chi connectivity index (χ4v) is 1.36. The van der Waals surface area contributed by atoms with Gasteiger partial charge in [-0.05, 0) is 11.8 Å². The van der Waals surface area contributed by atoms with Crippen LogP contribution in [0.4, 0.5) is 0 Å². The summed E-state index contributed by atoms with van der Waals surface area (Å²) < 4.78 is 0. The molecule has 0 aromatic rings. The first-order valence-electron chi connectivity index (χ1n) is 4.07. The number of nitrogens with zero attached hydrogens (tertiary/aromatic N) is 1. The standard InChI is InChI=1S/C8H17NO/c1-7(2)8-5-9(6-8)3-4-10/h7-8,10H,3-6H2,1-2H3. The lowest BCUT2D eigenvalue weighted by Gasteiger charge is -2.41. The Morgan fingerprint density at radius 1 is 1.50 bits per heavy atom. The van der Waals surface area contributed by atoms with Crippen molar-refractivity contribution in [1.82, 2.24) is 4.90 Å². The van der Waals surface area contributed by atoms with Gasteiger partial charge >= 0.3 is 0 Å². The Kier molecular flexibility index (Phi) is 2.69. The Bertz CT molecular complexity index is 97.4. The Morgan fingerprint density at radius 3 is 2.50 bits per heavy atom. The maximum absolute atomic E-state index is 8.58.